The maximum absolute atomic E-state index is 13.2. The van der Waals surface area contributed by atoms with E-state index in [0.29, 0.717) is 4.47 Å². The molecule has 108 valence electrons. The lowest BCUT2D eigenvalue weighted by Gasteiger charge is -2.11. The Morgan fingerprint density at radius 3 is 2.57 bits per heavy atom. The molecule has 0 aromatic heterocycles. The van der Waals surface area contributed by atoms with Crippen molar-refractivity contribution in [1.82, 2.24) is 0 Å². The molecule has 0 fully saturated rings. The van der Waals surface area contributed by atoms with Crippen LogP contribution in [0.4, 0.5) is 10.1 Å². The number of halogens is 3. The number of hydrogen-bond acceptors (Lipinski definition) is 2. The lowest BCUT2D eigenvalue weighted by atomic mass is 10.1. The lowest BCUT2D eigenvalue weighted by Crippen LogP contribution is -2.16. The summed E-state index contributed by atoms with van der Waals surface area (Å²) in [6.07, 6.45) is 0. The van der Waals surface area contributed by atoms with E-state index in [9.17, 15) is 14.0 Å². The van der Waals surface area contributed by atoms with E-state index in [1.165, 1.54) is 30.3 Å². The van der Waals surface area contributed by atoms with Crippen molar-refractivity contribution >= 4 is 45.1 Å². The third kappa shape index (κ3) is 3.40. The molecule has 2 N–H and O–H groups in total. The molecule has 0 aliphatic rings. The molecule has 4 nitrogen and oxygen atoms in total. The van der Waals surface area contributed by atoms with Crippen LogP contribution in [0.5, 0.6) is 0 Å². The zero-order valence-corrected chi connectivity index (χ0v) is 12.7. The number of hydrogen-bond donors (Lipinski definition) is 2. The maximum atomic E-state index is 13.2. The quantitative estimate of drug-likeness (QED) is 0.849. The van der Waals surface area contributed by atoms with Crippen LogP contribution in [0.3, 0.4) is 0 Å². The highest BCUT2D eigenvalue weighted by atomic mass is 79.9. The van der Waals surface area contributed by atoms with E-state index in [2.05, 4.69) is 21.2 Å². The van der Waals surface area contributed by atoms with Gasteiger partial charge in [-0.25, -0.2) is 9.18 Å². The first-order chi connectivity index (χ1) is 9.90. The van der Waals surface area contributed by atoms with Crippen LogP contribution in [-0.2, 0) is 0 Å². The molecule has 1 amide bonds. The molecule has 7 heteroatoms. The molecule has 0 saturated heterocycles. The van der Waals surface area contributed by atoms with Gasteiger partial charge in [-0.15, -0.1) is 0 Å². The van der Waals surface area contributed by atoms with Crippen molar-refractivity contribution in [3.63, 3.8) is 0 Å². The number of carboxylic acid groups (broad SMARTS) is 1. The van der Waals surface area contributed by atoms with E-state index in [1.54, 1.807) is 0 Å². The molecule has 0 spiro atoms. The molecule has 0 atom stereocenters. The molecule has 0 aliphatic heterocycles. The number of anilines is 1. The van der Waals surface area contributed by atoms with E-state index >= 15 is 0 Å². The SMILES string of the molecule is O=C(Nc1c(Cl)cccc1C(=O)O)c1cc(F)ccc1Br. The number of carbonyl (C=O) groups excluding carboxylic acids is 1. The van der Waals surface area contributed by atoms with Crippen molar-refractivity contribution in [1.29, 1.82) is 0 Å². The summed E-state index contributed by atoms with van der Waals surface area (Å²) in [7, 11) is 0. The molecule has 0 heterocycles. The Bertz CT molecular complexity index is 736. The molecule has 0 saturated carbocycles. The number of para-hydroxylation sites is 1. The predicted molar refractivity (Wildman–Crippen MR) is 80.5 cm³/mol. The highest BCUT2D eigenvalue weighted by Gasteiger charge is 2.18. The third-order valence-electron chi connectivity index (χ3n) is 2.66. The smallest absolute Gasteiger partial charge is 0.337 e. The third-order valence-corrected chi connectivity index (χ3v) is 3.66. The average molecular weight is 373 g/mol. The lowest BCUT2D eigenvalue weighted by molar-refractivity contribution is 0.0698. The van der Waals surface area contributed by atoms with Gasteiger partial charge in [0.2, 0.25) is 0 Å². The van der Waals surface area contributed by atoms with Crippen molar-refractivity contribution in [2.75, 3.05) is 5.32 Å². The standard InChI is InChI=1S/C14H8BrClFNO3/c15-10-5-4-7(17)6-9(10)13(19)18-12-8(14(20)21)2-1-3-11(12)16/h1-6H,(H,18,19)(H,20,21). The Morgan fingerprint density at radius 2 is 1.90 bits per heavy atom. The van der Waals surface area contributed by atoms with Crippen molar-refractivity contribution in [2.45, 2.75) is 0 Å². The molecular formula is C14H8BrClFNO3. The molecule has 2 aromatic rings. The number of amides is 1. The molecule has 21 heavy (non-hydrogen) atoms. The first-order valence-corrected chi connectivity index (χ1v) is 6.85. The van der Waals surface area contributed by atoms with Gasteiger partial charge in [-0.05, 0) is 46.3 Å². The van der Waals surface area contributed by atoms with E-state index in [0.717, 1.165) is 6.07 Å². The number of nitrogens with one attached hydrogen (secondary N) is 1. The fourth-order valence-electron chi connectivity index (χ4n) is 1.68. The van der Waals surface area contributed by atoms with Gasteiger partial charge >= 0.3 is 5.97 Å². The van der Waals surface area contributed by atoms with Gasteiger partial charge in [0.1, 0.15) is 5.82 Å². The fraction of sp³-hybridized carbons (Fsp3) is 0. The molecule has 0 bridgehead atoms. The van der Waals surface area contributed by atoms with Gasteiger partial charge in [0.15, 0.2) is 0 Å². The summed E-state index contributed by atoms with van der Waals surface area (Å²) in [5, 5.41) is 11.6. The van der Waals surface area contributed by atoms with Crippen molar-refractivity contribution < 1.29 is 19.1 Å². The van der Waals surface area contributed by atoms with Gasteiger partial charge < -0.3 is 10.4 Å². The molecular weight excluding hydrogens is 365 g/mol. The van der Waals surface area contributed by atoms with Crippen LogP contribution in [0.25, 0.3) is 0 Å². The van der Waals surface area contributed by atoms with Crippen molar-refractivity contribution in [2.24, 2.45) is 0 Å². The van der Waals surface area contributed by atoms with Gasteiger partial charge in [-0.2, -0.15) is 0 Å². The first-order valence-electron chi connectivity index (χ1n) is 5.68. The molecule has 0 unspecified atom stereocenters. The summed E-state index contributed by atoms with van der Waals surface area (Å²) >= 11 is 9.05. The zero-order chi connectivity index (χ0) is 15.6. The monoisotopic (exact) mass is 371 g/mol. The Kier molecular flexibility index (Phi) is 4.59. The molecule has 0 radical (unpaired) electrons. The van der Waals surface area contributed by atoms with E-state index < -0.39 is 17.7 Å². The van der Waals surface area contributed by atoms with Crippen LogP contribution < -0.4 is 5.32 Å². The number of carboxylic acids is 1. The van der Waals surface area contributed by atoms with Gasteiger partial charge in [-0.1, -0.05) is 17.7 Å². The van der Waals surface area contributed by atoms with E-state index in [1.807, 2.05) is 0 Å². The second-order valence-electron chi connectivity index (χ2n) is 4.05. The molecule has 2 rings (SSSR count). The van der Waals surface area contributed by atoms with E-state index in [-0.39, 0.29) is 21.8 Å². The molecule has 2 aromatic carbocycles. The van der Waals surface area contributed by atoms with Crippen LogP contribution in [0, 0.1) is 5.82 Å². The van der Waals surface area contributed by atoms with Crippen LogP contribution in [-0.4, -0.2) is 17.0 Å². The zero-order valence-electron chi connectivity index (χ0n) is 10.4. The second-order valence-corrected chi connectivity index (χ2v) is 5.31. The summed E-state index contributed by atoms with van der Waals surface area (Å²) in [5.74, 6) is -2.48. The fourth-order valence-corrected chi connectivity index (χ4v) is 2.33. The summed E-state index contributed by atoms with van der Waals surface area (Å²) in [6.45, 7) is 0. The normalized spacial score (nSPS) is 10.2. The minimum atomic E-state index is -1.23. The minimum absolute atomic E-state index is 0.0336. The van der Waals surface area contributed by atoms with Gasteiger partial charge in [-0.3, -0.25) is 4.79 Å². The number of carbonyl (C=O) groups is 2. The number of benzene rings is 2. The number of aromatic carboxylic acids is 1. The van der Waals surface area contributed by atoms with Crippen LogP contribution in [0.2, 0.25) is 5.02 Å². The van der Waals surface area contributed by atoms with Crippen LogP contribution in [0.1, 0.15) is 20.7 Å². The summed E-state index contributed by atoms with van der Waals surface area (Å²) in [6, 6.07) is 7.83. The Labute approximate surface area is 132 Å². The average Bonchev–Trinajstić information content (AvgIpc) is 2.43. The largest absolute Gasteiger partial charge is 0.478 e. The number of rotatable bonds is 3. The van der Waals surface area contributed by atoms with Gasteiger partial charge in [0.25, 0.3) is 5.91 Å². The predicted octanol–water partition coefficient (Wildman–Crippen LogP) is 4.19. The van der Waals surface area contributed by atoms with Crippen LogP contribution in [0.15, 0.2) is 40.9 Å². The highest BCUT2D eigenvalue weighted by Crippen LogP contribution is 2.27. The Hall–Kier alpha value is -1.92. The highest BCUT2D eigenvalue weighted by molar-refractivity contribution is 9.10. The van der Waals surface area contributed by atoms with Gasteiger partial charge in [0, 0.05) is 4.47 Å². The second kappa shape index (κ2) is 6.24. The topological polar surface area (TPSA) is 66.4 Å². The Morgan fingerprint density at radius 1 is 1.19 bits per heavy atom. The summed E-state index contributed by atoms with van der Waals surface area (Å²) in [5.41, 5.74) is -0.150. The van der Waals surface area contributed by atoms with Crippen LogP contribution >= 0.6 is 27.5 Å². The van der Waals surface area contributed by atoms with E-state index in [4.69, 9.17) is 16.7 Å². The Balaban J connectivity index is 2.41. The summed E-state index contributed by atoms with van der Waals surface area (Å²) in [4.78, 5) is 23.3. The maximum Gasteiger partial charge on any atom is 0.337 e. The van der Waals surface area contributed by atoms with Crippen molar-refractivity contribution in [3.05, 3.63) is 62.8 Å². The summed E-state index contributed by atoms with van der Waals surface area (Å²) < 4.78 is 13.6. The molecule has 0 aliphatic carbocycles. The van der Waals surface area contributed by atoms with Gasteiger partial charge in [0.05, 0.1) is 21.8 Å². The van der Waals surface area contributed by atoms with Crippen molar-refractivity contribution in [3.8, 4) is 0 Å². The first kappa shape index (κ1) is 15.5. The minimum Gasteiger partial charge on any atom is -0.478 e.